The average Bonchev–Trinajstić information content (AvgIpc) is 3.03. The summed E-state index contributed by atoms with van der Waals surface area (Å²) in [4.78, 5) is 30.6. The molecule has 0 aliphatic heterocycles. The highest BCUT2D eigenvalue weighted by molar-refractivity contribution is 7.13. The standard InChI is InChI=1S/C18H22ClN3O3S/c1-4-13(3)22(9-16(23)21-18-20-12(2)11-26-18)17(24)10-25-15-7-5-14(19)6-8-15/h5-8,11,13H,4,9-10H2,1-3H3,(H,20,21,23)/t13-/m0/s1. The third-order valence-electron chi connectivity index (χ3n) is 3.80. The second-order valence-corrected chi connectivity index (χ2v) is 7.16. The van der Waals surface area contributed by atoms with Gasteiger partial charge in [0.2, 0.25) is 5.91 Å². The zero-order valence-electron chi connectivity index (χ0n) is 15.0. The van der Waals surface area contributed by atoms with Gasteiger partial charge in [-0.15, -0.1) is 11.3 Å². The minimum Gasteiger partial charge on any atom is -0.484 e. The Balaban J connectivity index is 1.95. The molecule has 0 saturated heterocycles. The van der Waals surface area contributed by atoms with Crippen LogP contribution in [0, 0.1) is 6.92 Å². The molecular formula is C18H22ClN3O3S. The number of thiazole rings is 1. The van der Waals surface area contributed by atoms with Crippen LogP contribution in [0.2, 0.25) is 5.02 Å². The lowest BCUT2D eigenvalue weighted by atomic mass is 10.2. The molecule has 6 nitrogen and oxygen atoms in total. The van der Waals surface area contributed by atoms with Crippen LogP contribution < -0.4 is 10.1 Å². The van der Waals surface area contributed by atoms with Gasteiger partial charge >= 0.3 is 0 Å². The van der Waals surface area contributed by atoms with Crippen LogP contribution in [0.1, 0.15) is 26.0 Å². The summed E-state index contributed by atoms with van der Waals surface area (Å²) in [7, 11) is 0. The highest BCUT2D eigenvalue weighted by atomic mass is 35.5. The largest absolute Gasteiger partial charge is 0.484 e. The van der Waals surface area contributed by atoms with E-state index in [2.05, 4.69) is 10.3 Å². The van der Waals surface area contributed by atoms with Gasteiger partial charge in [-0.25, -0.2) is 4.98 Å². The quantitative estimate of drug-likeness (QED) is 0.738. The molecule has 1 N–H and O–H groups in total. The van der Waals surface area contributed by atoms with Gasteiger partial charge in [0.1, 0.15) is 12.3 Å². The fourth-order valence-electron chi connectivity index (χ4n) is 2.19. The van der Waals surface area contributed by atoms with Crippen molar-refractivity contribution in [2.45, 2.75) is 33.2 Å². The molecule has 0 spiro atoms. The molecule has 0 aliphatic rings. The van der Waals surface area contributed by atoms with E-state index in [0.717, 1.165) is 12.1 Å². The van der Waals surface area contributed by atoms with Gasteiger partial charge in [-0.3, -0.25) is 9.59 Å². The molecule has 0 unspecified atom stereocenters. The molecule has 26 heavy (non-hydrogen) atoms. The fourth-order valence-corrected chi connectivity index (χ4v) is 3.02. The maximum Gasteiger partial charge on any atom is 0.261 e. The number of aryl methyl sites for hydroxylation is 1. The molecule has 1 heterocycles. The Morgan fingerprint density at radius 3 is 2.62 bits per heavy atom. The Hall–Kier alpha value is -2.12. The number of benzene rings is 1. The summed E-state index contributed by atoms with van der Waals surface area (Å²) in [5.41, 5.74) is 0.844. The first-order valence-electron chi connectivity index (χ1n) is 8.28. The number of hydrogen-bond donors (Lipinski definition) is 1. The van der Waals surface area contributed by atoms with Crippen LogP contribution in [0.4, 0.5) is 5.13 Å². The predicted molar refractivity (Wildman–Crippen MR) is 104 cm³/mol. The smallest absolute Gasteiger partial charge is 0.261 e. The lowest BCUT2D eigenvalue weighted by molar-refractivity contribution is -0.138. The Morgan fingerprint density at radius 2 is 2.04 bits per heavy atom. The molecule has 140 valence electrons. The maximum absolute atomic E-state index is 12.6. The molecule has 0 aliphatic carbocycles. The number of nitrogens with one attached hydrogen (secondary N) is 1. The van der Waals surface area contributed by atoms with Crippen LogP contribution in [-0.4, -0.2) is 40.9 Å². The van der Waals surface area contributed by atoms with E-state index in [1.807, 2.05) is 26.2 Å². The summed E-state index contributed by atoms with van der Waals surface area (Å²) in [5.74, 6) is 0.0221. The van der Waals surface area contributed by atoms with E-state index in [-0.39, 0.29) is 31.0 Å². The van der Waals surface area contributed by atoms with E-state index in [1.165, 1.54) is 16.2 Å². The Labute approximate surface area is 162 Å². The van der Waals surface area contributed by atoms with Gasteiger partial charge in [0.05, 0.1) is 5.69 Å². The zero-order chi connectivity index (χ0) is 19.1. The van der Waals surface area contributed by atoms with Crippen molar-refractivity contribution >= 4 is 39.9 Å². The summed E-state index contributed by atoms with van der Waals surface area (Å²) in [6.07, 6.45) is 0.732. The number of aromatic nitrogens is 1. The fraction of sp³-hybridized carbons (Fsp3) is 0.389. The molecule has 0 saturated carbocycles. The maximum atomic E-state index is 12.6. The first-order valence-corrected chi connectivity index (χ1v) is 9.54. The van der Waals surface area contributed by atoms with Crippen LogP contribution in [0.5, 0.6) is 5.75 Å². The number of hydrogen-bond acceptors (Lipinski definition) is 5. The monoisotopic (exact) mass is 395 g/mol. The molecule has 0 fully saturated rings. The van der Waals surface area contributed by atoms with Gasteiger partial charge in [0.25, 0.3) is 5.91 Å². The second kappa shape index (κ2) is 9.54. The van der Waals surface area contributed by atoms with E-state index in [0.29, 0.717) is 15.9 Å². The summed E-state index contributed by atoms with van der Waals surface area (Å²) in [5, 5.41) is 5.71. The Bertz CT molecular complexity index is 748. The normalized spacial score (nSPS) is 11.7. The summed E-state index contributed by atoms with van der Waals surface area (Å²) in [6.45, 7) is 5.54. The van der Waals surface area contributed by atoms with Gasteiger partial charge in [-0.05, 0) is 44.5 Å². The second-order valence-electron chi connectivity index (χ2n) is 5.86. The Morgan fingerprint density at radius 1 is 1.35 bits per heavy atom. The average molecular weight is 396 g/mol. The lowest BCUT2D eigenvalue weighted by Gasteiger charge is -2.27. The molecule has 8 heteroatoms. The molecule has 0 bridgehead atoms. The van der Waals surface area contributed by atoms with Crippen molar-refractivity contribution in [1.82, 2.24) is 9.88 Å². The number of nitrogens with zero attached hydrogens (tertiary/aromatic N) is 2. The third kappa shape index (κ3) is 6.00. The van der Waals surface area contributed by atoms with E-state index < -0.39 is 0 Å². The van der Waals surface area contributed by atoms with Gasteiger partial charge in [0, 0.05) is 16.4 Å². The van der Waals surface area contributed by atoms with Crippen molar-refractivity contribution in [3.63, 3.8) is 0 Å². The molecule has 1 atom stereocenters. The number of anilines is 1. The van der Waals surface area contributed by atoms with E-state index in [9.17, 15) is 9.59 Å². The number of carbonyl (C=O) groups excluding carboxylic acids is 2. The number of carbonyl (C=O) groups is 2. The Kier molecular flexibility index (Phi) is 7.41. The van der Waals surface area contributed by atoms with Crippen molar-refractivity contribution in [1.29, 1.82) is 0 Å². The number of amides is 2. The number of rotatable bonds is 8. The summed E-state index contributed by atoms with van der Waals surface area (Å²) < 4.78 is 5.51. The summed E-state index contributed by atoms with van der Waals surface area (Å²) in [6, 6.07) is 6.69. The van der Waals surface area contributed by atoms with Gasteiger partial charge < -0.3 is 15.0 Å². The minimum atomic E-state index is -0.278. The molecule has 2 amide bonds. The van der Waals surface area contributed by atoms with Crippen LogP contribution >= 0.6 is 22.9 Å². The molecule has 2 rings (SSSR count). The van der Waals surface area contributed by atoms with Crippen LogP contribution in [-0.2, 0) is 9.59 Å². The van der Waals surface area contributed by atoms with Gasteiger partial charge in [-0.1, -0.05) is 18.5 Å². The minimum absolute atomic E-state index is 0.0452. The van der Waals surface area contributed by atoms with Crippen LogP contribution in [0.3, 0.4) is 0 Å². The van der Waals surface area contributed by atoms with Crippen molar-refractivity contribution in [2.75, 3.05) is 18.5 Å². The van der Waals surface area contributed by atoms with Gasteiger partial charge in [0.15, 0.2) is 11.7 Å². The number of halogens is 1. The molecule has 0 radical (unpaired) electrons. The van der Waals surface area contributed by atoms with Crippen molar-refractivity contribution in [3.05, 3.63) is 40.4 Å². The van der Waals surface area contributed by atoms with Crippen LogP contribution in [0.15, 0.2) is 29.6 Å². The lowest BCUT2D eigenvalue weighted by Crippen LogP contribution is -2.45. The highest BCUT2D eigenvalue weighted by Gasteiger charge is 2.22. The van der Waals surface area contributed by atoms with E-state index in [4.69, 9.17) is 16.3 Å². The predicted octanol–water partition coefficient (Wildman–Crippen LogP) is 3.75. The van der Waals surface area contributed by atoms with Crippen molar-refractivity contribution < 1.29 is 14.3 Å². The van der Waals surface area contributed by atoms with E-state index >= 15 is 0 Å². The van der Waals surface area contributed by atoms with Crippen LogP contribution in [0.25, 0.3) is 0 Å². The topological polar surface area (TPSA) is 71.5 Å². The first-order chi connectivity index (χ1) is 12.4. The molecular weight excluding hydrogens is 374 g/mol. The molecule has 1 aromatic heterocycles. The SMILES string of the molecule is CC[C@H](C)N(CC(=O)Nc1nc(C)cs1)C(=O)COc1ccc(Cl)cc1. The third-order valence-corrected chi connectivity index (χ3v) is 4.93. The van der Waals surface area contributed by atoms with Gasteiger partial charge in [-0.2, -0.15) is 0 Å². The van der Waals surface area contributed by atoms with E-state index in [1.54, 1.807) is 24.3 Å². The first kappa shape index (κ1) is 20.2. The zero-order valence-corrected chi connectivity index (χ0v) is 16.6. The van der Waals surface area contributed by atoms with Crippen molar-refractivity contribution in [2.24, 2.45) is 0 Å². The highest BCUT2D eigenvalue weighted by Crippen LogP contribution is 2.17. The van der Waals surface area contributed by atoms with Crippen molar-refractivity contribution in [3.8, 4) is 5.75 Å². The summed E-state index contributed by atoms with van der Waals surface area (Å²) >= 11 is 7.19. The number of ether oxygens (including phenoxy) is 1. The molecule has 1 aromatic carbocycles. The molecule has 2 aromatic rings.